The molecule has 5 heteroatoms. The highest BCUT2D eigenvalue weighted by atomic mass is 28.3. The van der Waals surface area contributed by atoms with Gasteiger partial charge in [0.15, 0.2) is 6.20 Å². The highest BCUT2D eigenvalue weighted by Crippen LogP contribution is 2.45. The third-order valence-electron chi connectivity index (χ3n) is 11.0. The summed E-state index contributed by atoms with van der Waals surface area (Å²) in [6, 6.07) is 30.5. The number of allylic oxidation sites excluding steroid dienone is 2. The number of rotatable bonds is 6. The molecule has 3 atom stereocenters. The first-order valence-corrected chi connectivity index (χ1v) is 21.6. The van der Waals surface area contributed by atoms with Crippen LogP contribution in [0.5, 0.6) is 0 Å². The van der Waals surface area contributed by atoms with Crippen molar-refractivity contribution in [1.29, 1.82) is 0 Å². The van der Waals surface area contributed by atoms with Gasteiger partial charge in [-0.3, -0.25) is 0 Å². The zero-order valence-corrected chi connectivity index (χ0v) is 31.0. The molecule has 0 saturated heterocycles. The average Bonchev–Trinajstić information content (AvgIpc) is 3.50. The largest absolute Gasteiger partial charge is 0.438 e. The Morgan fingerprint density at radius 1 is 0.960 bits per heavy atom. The Labute approximate surface area is 296 Å². The van der Waals surface area contributed by atoms with E-state index in [0.717, 1.165) is 63.8 Å². The molecule has 5 heterocycles. The van der Waals surface area contributed by atoms with Crippen LogP contribution < -0.4 is 9.75 Å². The minimum Gasteiger partial charge on any atom is -0.438 e. The topological polar surface area (TPSA) is 42.3 Å². The molecule has 0 amide bonds. The Morgan fingerprint density at radius 2 is 1.74 bits per heavy atom. The van der Waals surface area contributed by atoms with Crippen molar-refractivity contribution in [2.45, 2.75) is 71.1 Å². The predicted octanol–water partition coefficient (Wildman–Crippen LogP) is 10.5. The van der Waals surface area contributed by atoms with Crippen molar-refractivity contribution in [3.63, 3.8) is 0 Å². The van der Waals surface area contributed by atoms with Gasteiger partial charge in [-0.25, -0.2) is 9.98 Å². The summed E-state index contributed by atoms with van der Waals surface area (Å²) in [4.78, 5) is 10.3. The first-order valence-electron chi connectivity index (χ1n) is 18.1. The van der Waals surface area contributed by atoms with Gasteiger partial charge in [-0.15, -0.1) is 0 Å². The molecule has 0 spiro atoms. The van der Waals surface area contributed by atoms with Crippen molar-refractivity contribution in [1.82, 2.24) is 4.98 Å². The Kier molecular flexibility index (Phi) is 8.07. The van der Waals surface area contributed by atoms with E-state index in [9.17, 15) is 0 Å². The summed E-state index contributed by atoms with van der Waals surface area (Å²) in [5.74, 6) is 0.852. The lowest BCUT2D eigenvalue weighted by Crippen LogP contribution is -2.54. The number of fused-ring (bicyclic) bond motifs is 10. The molecule has 250 valence electrons. The third kappa shape index (κ3) is 5.48. The number of nitrogens with zero attached hydrogens (tertiary/aromatic N) is 3. The van der Waals surface area contributed by atoms with Crippen molar-refractivity contribution in [3.8, 4) is 22.5 Å². The van der Waals surface area contributed by atoms with Crippen LogP contribution in [0.4, 0.5) is 0 Å². The highest BCUT2D eigenvalue weighted by Gasteiger charge is 2.44. The Morgan fingerprint density at radius 3 is 2.50 bits per heavy atom. The lowest BCUT2D eigenvalue weighted by Gasteiger charge is -2.32. The van der Waals surface area contributed by atoms with Gasteiger partial charge in [0.05, 0.1) is 25.4 Å². The molecule has 2 aliphatic rings. The van der Waals surface area contributed by atoms with Gasteiger partial charge in [0, 0.05) is 38.7 Å². The molecule has 3 aromatic carbocycles. The highest BCUT2D eigenvalue weighted by molar-refractivity contribution is 6.89. The lowest BCUT2D eigenvalue weighted by atomic mass is 9.78. The molecule has 4 nitrogen and oxygen atoms in total. The Bertz CT molecular complexity index is 2340. The first-order chi connectivity index (χ1) is 24.1. The van der Waals surface area contributed by atoms with E-state index in [2.05, 4.69) is 118 Å². The second-order valence-corrected chi connectivity index (χ2v) is 20.4. The minimum atomic E-state index is -1.68. The molecule has 6 aromatic rings. The molecule has 8 rings (SSSR count). The maximum Gasteiger partial charge on any atom is 0.227 e. The molecule has 3 aromatic heterocycles. The van der Waals surface area contributed by atoms with Crippen LogP contribution in [0.25, 0.3) is 44.6 Å². The zero-order valence-electron chi connectivity index (χ0n) is 30.0. The van der Waals surface area contributed by atoms with Crippen LogP contribution in [0.3, 0.4) is 0 Å². The smallest absolute Gasteiger partial charge is 0.227 e. The molecule has 50 heavy (non-hydrogen) atoms. The van der Waals surface area contributed by atoms with Gasteiger partial charge in [0.25, 0.3) is 0 Å². The molecule has 3 unspecified atom stereocenters. The molecule has 2 aliphatic heterocycles. The standard InChI is InChI=1S/C45H46N3OSi/c1-8-28(3)23-32-24-41-34-18-14-13-17-33(34)35-20-19-31-25-42-38(36-21-22-40(47-45(36)49-42)30-15-11-10-12-16-30)26-37(31)39(9-2)46-29(4)44(35)48(41)27-43(32)50(5,6)7/h9-18,21-22,24-28,35,44H,2,4,8,19-20,23H2,1,3,5-7H3/q+1/b46-39-. The predicted molar refractivity (Wildman–Crippen MR) is 211 cm³/mol. The van der Waals surface area contributed by atoms with E-state index in [1.54, 1.807) is 5.19 Å². The Balaban J connectivity index is 1.29. The van der Waals surface area contributed by atoms with Gasteiger partial charge < -0.3 is 4.42 Å². The number of benzene rings is 3. The van der Waals surface area contributed by atoms with E-state index in [4.69, 9.17) is 21.0 Å². The molecular weight excluding hydrogens is 627 g/mol. The molecule has 0 radical (unpaired) electrons. The summed E-state index contributed by atoms with van der Waals surface area (Å²) in [7, 11) is -1.68. The number of pyridine rings is 2. The summed E-state index contributed by atoms with van der Waals surface area (Å²) in [5, 5.41) is 3.59. The maximum absolute atomic E-state index is 6.48. The lowest BCUT2D eigenvalue weighted by molar-refractivity contribution is -0.708. The molecular formula is C45H46N3OSi+. The number of aromatic nitrogens is 2. The van der Waals surface area contributed by atoms with Crippen LogP contribution in [-0.4, -0.2) is 18.8 Å². The third-order valence-corrected chi connectivity index (χ3v) is 13.1. The van der Waals surface area contributed by atoms with Crippen molar-refractivity contribution >= 4 is 41.0 Å². The fraction of sp³-hybridized carbons (Fsp3) is 0.267. The average molecular weight is 673 g/mol. The molecule has 0 fully saturated rings. The van der Waals surface area contributed by atoms with Gasteiger partial charge in [0.1, 0.15) is 11.3 Å². The van der Waals surface area contributed by atoms with Crippen molar-refractivity contribution in [2.24, 2.45) is 10.9 Å². The molecule has 0 N–H and O–H groups in total. The van der Waals surface area contributed by atoms with Crippen LogP contribution in [0, 0.1) is 5.92 Å². The van der Waals surface area contributed by atoms with E-state index in [1.807, 2.05) is 24.3 Å². The second kappa shape index (κ2) is 12.5. The van der Waals surface area contributed by atoms with Crippen molar-refractivity contribution in [2.75, 3.05) is 0 Å². The fourth-order valence-corrected chi connectivity index (χ4v) is 9.91. The van der Waals surface area contributed by atoms with Crippen LogP contribution in [0.2, 0.25) is 19.6 Å². The number of aliphatic imine (C=N–C) groups is 1. The SMILES string of the molecule is C=C/C1=N/C(=C)C2C(CCc3cc4oc5nc(-c6ccccc6)ccc5c4cc31)c1ccccc1-c1cc(CC(C)CC)c([Si](C)(C)C)c[n+]12. The van der Waals surface area contributed by atoms with E-state index >= 15 is 0 Å². The summed E-state index contributed by atoms with van der Waals surface area (Å²) in [5.41, 5.74) is 13.0. The number of hydrogen-bond acceptors (Lipinski definition) is 3. The van der Waals surface area contributed by atoms with E-state index in [1.165, 1.54) is 34.4 Å². The van der Waals surface area contributed by atoms with Gasteiger partial charge in [-0.1, -0.05) is 102 Å². The number of hydrogen-bond donors (Lipinski definition) is 0. The second-order valence-electron chi connectivity index (χ2n) is 15.4. The van der Waals surface area contributed by atoms with Crippen LogP contribution in [0.1, 0.15) is 60.9 Å². The number of aryl methyl sites for hydroxylation is 1. The summed E-state index contributed by atoms with van der Waals surface area (Å²) in [6.07, 6.45) is 8.52. The van der Waals surface area contributed by atoms with Gasteiger partial charge >= 0.3 is 0 Å². The minimum absolute atomic E-state index is 0.00124. The van der Waals surface area contributed by atoms with Crippen LogP contribution in [0.15, 0.2) is 125 Å². The number of furan rings is 1. The normalized spacial score (nSPS) is 18.9. The Hall–Kier alpha value is -4.87. The molecule has 0 saturated carbocycles. The fourth-order valence-electron chi connectivity index (χ4n) is 8.25. The first kappa shape index (κ1) is 32.3. The summed E-state index contributed by atoms with van der Waals surface area (Å²) >= 11 is 0. The van der Waals surface area contributed by atoms with Gasteiger partial charge in [-0.05, 0) is 78.3 Å². The summed E-state index contributed by atoms with van der Waals surface area (Å²) < 4.78 is 9.02. The quantitative estimate of drug-likeness (QED) is 0.131. The van der Waals surface area contributed by atoms with E-state index in [0.29, 0.717) is 11.6 Å². The van der Waals surface area contributed by atoms with Crippen LogP contribution >= 0.6 is 0 Å². The van der Waals surface area contributed by atoms with Crippen molar-refractivity contribution in [3.05, 3.63) is 138 Å². The van der Waals surface area contributed by atoms with Crippen molar-refractivity contribution < 1.29 is 8.98 Å². The zero-order chi connectivity index (χ0) is 34.7. The monoisotopic (exact) mass is 672 g/mol. The van der Waals surface area contributed by atoms with E-state index in [-0.39, 0.29) is 12.0 Å². The van der Waals surface area contributed by atoms with Crippen LogP contribution in [-0.2, 0) is 12.8 Å². The van der Waals surface area contributed by atoms with E-state index < -0.39 is 8.07 Å². The molecule has 0 bridgehead atoms. The van der Waals surface area contributed by atoms with Gasteiger partial charge in [-0.2, -0.15) is 4.57 Å². The maximum atomic E-state index is 6.48. The van der Waals surface area contributed by atoms with Gasteiger partial charge in [0.2, 0.25) is 17.4 Å². The molecule has 0 aliphatic carbocycles. The summed E-state index contributed by atoms with van der Waals surface area (Å²) in [6.45, 7) is 21.1.